The van der Waals surface area contributed by atoms with Crippen LogP contribution in [-0.4, -0.2) is 45.6 Å². The number of rotatable bonds is 12. The van der Waals surface area contributed by atoms with Crippen LogP contribution >= 0.6 is 0 Å². The minimum Gasteiger partial charge on any atom is -0.486 e. The molecule has 0 bridgehead atoms. The lowest BCUT2D eigenvalue weighted by atomic mass is 10.1. The molecule has 15 heteroatoms. The van der Waals surface area contributed by atoms with Gasteiger partial charge in [0.25, 0.3) is 5.56 Å². The summed E-state index contributed by atoms with van der Waals surface area (Å²) in [5.74, 6) is -3.38. The van der Waals surface area contributed by atoms with E-state index in [2.05, 4.69) is 25.3 Å². The van der Waals surface area contributed by atoms with Gasteiger partial charge in [0.2, 0.25) is 11.8 Å². The summed E-state index contributed by atoms with van der Waals surface area (Å²) < 4.78 is 53.0. The van der Waals surface area contributed by atoms with Crippen molar-refractivity contribution in [3.8, 4) is 5.75 Å². The first kappa shape index (κ1) is 31.3. The van der Waals surface area contributed by atoms with Crippen LogP contribution in [0.3, 0.4) is 0 Å². The number of fused-ring (bicyclic) bond motifs is 1. The van der Waals surface area contributed by atoms with Gasteiger partial charge in [0.15, 0.2) is 5.75 Å². The second-order valence-corrected chi connectivity index (χ2v) is 9.42. The number of nitrogens with one attached hydrogen (secondary N) is 3. The molecule has 0 aliphatic carbocycles. The van der Waals surface area contributed by atoms with Crippen LogP contribution in [0.5, 0.6) is 5.75 Å². The number of hydrogen-bond acceptors (Lipinski definition) is 7. The number of halogens is 3. The SMILES string of the molecule is COC(=O)NC(CCC=CC(N)=O)C(=O)Nc1cccn(Cc2nc3c(OCc4ccc(F)cc4F)cc(F)cc3[nH]2)c1=O. The van der Waals surface area contributed by atoms with E-state index in [9.17, 15) is 32.3 Å². The molecule has 4 aromatic rings. The van der Waals surface area contributed by atoms with Gasteiger partial charge in [-0.25, -0.2) is 22.9 Å². The van der Waals surface area contributed by atoms with E-state index < -0.39 is 47.0 Å². The number of primary amides is 1. The number of pyridine rings is 1. The molecule has 2 aromatic carbocycles. The summed E-state index contributed by atoms with van der Waals surface area (Å²) in [6, 6.07) is 6.99. The van der Waals surface area contributed by atoms with E-state index in [-0.39, 0.29) is 59.9 Å². The van der Waals surface area contributed by atoms with Crippen molar-refractivity contribution in [2.75, 3.05) is 12.4 Å². The molecule has 0 aliphatic rings. The molecular formula is C29H27F3N6O6. The zero-order chi connectivity index (χ0) is 31.8. The Morgan fingerprint density at radius 1 is 1.14 bits per heavy atom. The molecule has 1 unspecified atom stereocenters. The van der Waals surface area contributed by atoms with E-state index in [0.29, 0.717) is 6.07 Å². The van der Waals surface area contributed by atoms with Crippen LogP contribution in [-0.2, 0) is 27.5 Å². The van der Waals surface area contributed by atoms with Crippen molar-refractivity contribution in [1.82, 2.24) is 19.9 Å². The maximum Gasteiger partial charge on any atom is 0.407 e. The number of hydrogen-bond donors (Lipinski definition) is 4. The number of aromatic amines is 1. The molecule has 4 rings (SSSR count). The summed E-state index contributed by atoms with van der Waals surface area (Å²) in [5.41, 5.74) is 4.85. The second kappa shape index (κ2) is 14.0. The predicted octanol–water partition coefficient (Wildman–Crippen LogP) is 3.25. The van der Waals surface area contributed by atoms with Crippen LogP contribution in [0, 0.1) is 17.5 Å². The topological polar surface area (TPSA) is 170 Å². The zero-order valence-corrected chi connectivity index (χ0v) is 23.2. The zero-order valence-electron chi connectivity index (χ0n) is 23.2. The molecule has 3 amide bonds. The van der Waals surface area contributed by atoms with Crippen molar-refractivity contribution in [3.05, 3.63) is 100 Å². The summed E-state index contributed by atoms with van der Waals surface area (Å²) in [5, 5.41) is 4.86. The molecule has 1 atom stereocenters. The van der Waals surface area contributed by atoms with Crippen molar-refractivity contribution in [3.63, 3.8) is 0 Å². The highest BCUT2D eigenvalue weighted by Gasteiger charge is 2.22. The molecular weight excluding hydrogens is 585 g/mol. The van der Waals surface area contributed by atoms with Crippen LogP contribution in [0.15, 0.2) is 65.6 Å². The van der Waals surface area contributed by atoms with Gasteiger partial charge in [-0.2, -0.15) is 0 Å². The Bertz CT molecular complexity index is 1790. The van der Waals surface area contributed by atoms with Crippen molar-refractivity contribution >= 4 is 34.6 Å². The smallest absolute Gasteiger partial charge is 0.407 e. The highest BCUT2D eigenvalue weighted by molar-refractivity contribution is 5.96. The van der Waals surface area contributed by atoms with Crippen molar-refractivity contribution in [1.29, 1.82) is 0 Å². The number of aromatic nitrogens is 3. The lowest BCUT2D eigenvalue weighted by molar-refractivity contribution is -0.118. The molecule has 5 N–H and O–H groups in total. The molecule has 0 saturated heterocycles. The van der Waals surface area contributed by atoms with Crippen LogP contribution in [0.25, 0.3) is 11.0 Å². The summed E-state index contributed by atoms with van der Waals surface area (Å²) in [6.07, 6.45) is 3.41. The summed E-state index contributed by atoms with van der Waals surface area (Å²) in [6.45, 7) is -0.437. The number of carbonyl (C=O) groups excluding carboxylic acids is 3. The largest absolute Gasteiger partial charge is 0.486 e. The summed E-state index contributed by atoms with van der Waals surface area (Å²) >= 11 is 0. The van der Waals surface area contributed by atoms with Crippen molar-refractivity contribution in [2.24, 2.45) is 5.73 Å². The van der Waals surface area contributed by atoms with Gasteiger partial charge in [0.1, 0.15) is 47.1 Å². The van der Waals surface area contributed by atoms with Gasteiger partial charge in [-0.3, -0.25) is 14.4 Å². The monoisotopic (exact) mass is 612 g/mol. The predicted molar refractivity (Wildman–Crippen MR) is 152 cm³/mol. The molecule has 0 saturated carbocycles. The van der Waals surface area contributed by atoms with Gasteiger partial charge < -0.3 is 35.4 Å². The van der Waals surface area contributed by atoms with Gasteiger partial charge in [0, 0.05) is 23.9 Å². The lowest BCUT2D eigenvalue weighted by Crippen LogP contribution is -2.44. The molecule has 12 nitrogen and oxygen atoms in total. The number of nitrogens with zero attached hydrogens (tertiary/aromatic N) is 2. The molecule has 0 aliphatic heterocycles. The highest BCUT2D eigenvalue weighted by atomic mass is 19.1. The van der Waals surface area contributed by atoms with E-state index in [4.69, 9.17) is 10.5 Å². The Hall–Kier alpha value is -5.60. The molecule has 0 fully saturated rings. The van der Waals surface area contributed by atoms with Crippen LogP contribution < -0.4 is 26.7 Å². The first-order valence-corrected chi connectivity index (χ1v) is 13.1. The number of amides is 3. The Balaban J connectivity index is 1.51. The minimum absolute atomic E-state index is 0.00518. The number of alkyl carbamates (subject to hydrolysis) is 1. The van der Waals surface area contributed by atoms with E-state index in [1.807, 2.05) is 0 Å². The Morgan fingerprint density at radius 3 is 2.66 bits per heavy atom. The molecule has 230 valence electrons. The Kier molecular flexibility index (Phi) is 10.0. The number of nitrogens with two attached hydrogens (primary N) is 1. The van der Waals surface area contributed by atoms with E-state index >= 15 is 0 Å². The number of methoxy groups -OCH3 is 1. The van der Waals surface area contributed by atoms with Crippen LogP contribution in [0.1, 0.15) is 24.2 Å². The van der Waals surface area contributed by atoms with Crippen LogP contribution in [0.2, 0.25) is 0 Å². The Labute approximate surface area is 247 Å². The maximum absolute atomic E-state index is 14.3. The molecule has 44 heavy (non-hydrogen) atoms. The number of benzene rings is 2. The second-order valence-electron chi connectivity index (χ2n) is 9.42. The number of carbonyl (C=O) groups is 3. The maximum atomic E-state index is 14.3. The molecule has 2 heterocycles. The van der Waals surface area contributed by atoms with E-state index in [1.165, 1.54) is 41.1 Å². The average Bonchev–Trinajstić information content (AvgIpc) is 3.38. The normalized spacial score (nSPS) is 11.8. The van der Waals surface area contributed by atoms with Gasteiger partial charge >= 0.3 is 6.09 Å². The van der Waals surface area contributed by atoms with E-state index in [1.54, 1.807) is 0 Å². The lowest BCUT2D eigenvalue weighted by Gasteiger charge is -2.17. The molecule has 0 spiro atoms. The van der Waals surface area contributed by atoms with Crippen molar-refractivity contribution in [2.45, 2.75) is 32.0 Å². The average molecular weight is 613 g/mol. The summed E-state index contributed by atoms with van der Waals surface area (Å²) in [4.78, 5) is 56.1. The molecule has 0 radical (unpaired) electrons. The highest BCUT2D eigenvalue weighted by Crippen LogP contribution is 2.27. The fourth-order valence-corrected chi connectivity index (χ4v) is 4.15. The van der Waals surface area contributed by atoms with Gasteiger partial charge in [-0.1, -0.05) is 6.08 Å². The van der Waals surface area contributed by atoms with E-state index in [0.717, 1.165) is 25.3 Å². The third kappa shape index (κ3) is 8.02. The number of H-pyrrole nitrogens is 1. The van der Waals surface area contributed by atoms with Gasteiger partial charge in [-0.05, 0) is 49.2 Å². The third-order valence-electron chi connectivity index (χ3n) is 6.26. The van der Waals surface area contributed by atoms with Gasteiger partial charge in [-0.15, -0.1) is 0 Å². The quantitative estimate of drug-likeness (QED) is 0.178. The first-order chi connectivity index (χ1) is 21.0. The molecule has 2 aromatic heterocycles. The van der Waals surface area contributed by atoms with Crippen molar-refractivity contribution < 1.29 is 37.0 Å². The standard InChI is InChI=1S/C29H27F3N6O6/c1-43-29(42)36-20(5-2-3-7-24(33)39)27(40)35-21-6-4-10-38(28(21)41)14-25-34-22-12-18(31)13-23(26(22)37-25)44-15-16-8-9-17(30)11-19(16)32/h3-4,6-13,20H,2,5,14-15H2,1H3,(H2,33,39)(H,34,37)(H,35,40)(H,36,42). The number of anilines is 1. The van der Waals surface area contributed by atoms with Gasteiger partial charge in [0.05, 0.1) is 19.2 Å². The Morgan fingerprint density at radius 2 is 1.93 bits per heavy atom. The number of ether oxygens (including phenoxy) is 2. The fraction of sp³-hybridized carbons (Fsp3) is 0.207. The minimum atomic E-state index is -1.11. The van der Waals surface area contributed by atoms with Crippen LogP contribution in [0.4, 0.5) is 23.7 Å². The fourth-order valence-electron chi connectivity index (χ4n) is 4.15. The third-order valence-corrected chi connectivity index (χ3v) is 6.26. The number of imidazole rings is 1. The first-order valence-electron chi connectivity index (χ1n) is 13.1. The number of allylic oxidation sites excluding steroid dienone is 1. The summed E-state index contributed by atoms with van der Waals surface area (Å²) in [7, 11) is 1.13.